The third-order valence-corrected chi connectivity index (χ3v) is 4.56. The van der Waals surface area contributed by atoms with Gasteiger partial charge in [0.15, 0.2) is 4.34 Å². The molecule has 1 aromatic heterocycles. The molecule has 0 aromatic carbocycles. The molecule has 1 aromatic rings. The molecule has 0 fully saturated rings. The molecule has 16 heavy (non-hydrogen) atoms. The molecule has 0 bridgehead atoms. The predicted octanol–water partition coefficient (Wildman–Crippen LogP) is 2.07. The number of nitrogens with two attached hydrogens (primary N) is 1. The molecule has 0 radical (unpaired) electrons. The standard InChI is InChI=1S/C10H20N4S2/c1-10(2,7-11)5-6-15-9-13-12-8(16-9)14(3)4/h5-7,11H2,1-4H3. The minimum Gasteiger partial charge on any atom is -0.353 e. The highest BCUT2D eigenvalue weighted by Crippen LogP contribution is 2.29. The molecule has 4 nitrogen and oxygen atoms in total. The first-order chi connectivity index (χ1) is 7.44. The van der Waals surface area contributed by atoms with Gasteiger partial charge in [0.05, 0.1) is 0 Å². The van der Waals surface area contributed by atoms with E-state index in [9.17, 15) is 0 Å². The Balaban J connectivity index is 2.37. The third-order valence-electron chi connectivity index (χ3n) is 2.34. The first-order valence-corrected chi connectivity index (χ1v) is 7.08. The van der Waals surface area contributed by atoms with Crippen LogP contribution in [0.4, 0.5) is 5.13 Å². The van der Waals surface area contributed by atoms with Gasteiger partial charge in [-0.05, 0) is 18.4 Å². The highest BCUT2D eigenvalue weighted by Gasteiger charge is 2.15. The third kappa shape index (κ3) is 4.27. The molecule has 0 aliphatic rings. The molecule has 1 heterocycles. The zero-order valence-electron chi connectivity index (χ0n) is 10.4. The van der Waals surface area contributed by atoms with Crippen molar-refractivity contribution >= 4 is 28.2 Å². The zero-order valence-corrected chi connectivity index (χ0v) is 12.0. The molecule has 0 saturated heterocycles. The van der Waals surface area contributed by atoms with Gasteiger partial charge in [0.2, 0.25) is 5.13 Å². The maximum absolute atomic E-state index is 5.69. The highest BCUT2D eigenvalue weighted by molar-refractivity contribution is 8.01. The number of hydrogen-bond acceptors (Lipinski definition) is 6. The Hall–Kier alpha value is -0.330. The van der Waals surface area contributed by atoms with Gasteiger partial charge in [-0.25, -0.2) is 0 Å². The van der Waals surface area contributed by atoms with Crippen molar-refractivity contribution in [1.82, 2.24) is 10.2 Å². The molecule has 0 spiro atoms. The number of thioether (sulfide) groups is 1. The van der Waals surface area contributed by atoms with Crippen LogP contribution in [0, 0.1) is 5.41 Å². The zero-order chi connectivity index (χ0) is 12.2. The summed E-state index contributed by atoms with van der Waals surface area (Å²) in [6, 6.07) is 0. The van der Waals surface area contributed by atoms with Crippen molar-refractivity contribution in [3.05, 3.63) is 0 Å². The van der Waals surface area contributed by atoms with E-state index in [0.717, 1.165) is 28.2 Å². The Morgan fingerprint density at radius 2 is 2.06 bits per heavy atom. The highest BCUT2D eigenvalue weighted by atomic mass is 32.2. The number of aromatic nitrogens is 2. The minimum absolute atomic E-state index is 0.224. The van der Waals surface area contributed by atoms with Gasteiger partial charge in [-0.1, -0.05) is 36.9 Å². The molecular weight excluding hydrogens is 240 g/mol. The van der Waals surface area contributed by atoms with Crippen LogP contribution in [0.25, 0.3) is 0 Å². The molecular formula is C10H20N4S2. The first kappa shape index (κ1) is 13.7. The maximum Gasteiger partial charge on any atom is 0.208 e. The van der Waals surface area contributed by atoms with Gasteiger partial charge in [-0.3, -0.25) is 0 Å². The number of hydrogen-bond donors (Lipinski definition) is 1. The quantitative estimate of drug-likeness (QED) is 0.794. The SMILES string of the molecule is CN(C)c1nnc(SCCC(C)(C)CN)s1. The van der Waals surface area contributed by atoms with Gasteiger partial charge in [0, 0.05) is 19.8 Å². The Kier molecular flexibility index (Phi) is 5.01. The summed E-state index contributed by atoms with van der Waals surface area (Å²) in [5.74, 6) is 1.05. The molecule has 0 aliphatic heterocycles. The van der Waals surface area contributed by atoms with Crippen LogP contribution in [0.2, 0.25) is 0 Å². The van der Waals surface area contributed by atoms with Crippen molar-refractivity contribution in [2.75, 3.05) is 31.3 Å². The summed E-state index contributed by atoms with van der Waals surface area (Å²) in [6.45, 7) is 5.12. The number of nitrogens with zero attached hydrogens (tertiary/aromatic N) is 3. The lowest BCUT2D eigenvalue weighted by Crippen LogP contribution is -2.23. The molecule has 92 valence electrons. The molecule has 0 amide bonds. The van der Waals surface area contributed by atoms with Gasteiger partial charge in [0.1, 0.15) is 0 Å². The summed E-state index contributed by atoms with van der Waals surface area (Å²) in [5, 5.41) is 9.20. The fraction of sp³-hybridized carbons (Fsp3) is 0.800. The Morgan fingerprint density at radius 1 is 1.38 bits per heavy atom. The Bertz CT molecular complexity index is 322. The topological polar surface area (TPSA) is 55.0 Å². The van der Waals surface area contributed by atoms with Gasteiger partial charge in [-0.2, -0.15) is 0 Å². The first-order valence-electron chi connectivity index (χ1n) is 5.28. The van der Waals surface area contributed by atoms with E-state index in [2.05, 4.69) is 24.0 Å². The molecule has 2 N–H and O–H groups in total. The van der Waals surface area contributed by atoms with Crippen molar-refractivity contribution in [1.29, 1.82) is 0 Å². The van der Waals surface area contributed by atoms with Crippen LogP contribution in [0.3, 0.4) is 0 Å². The fourth-order valence-electron chi connectivity index (χ4n) is 0.958. The predicted molar refractivity (Wildman–Crippen MR) is 72.4 cm³/mol. The van der Waals surface area contributed by atoms with E-state index in [1.165, 1.54) is 0 Å². The largest absolute Gasteiger partial charge is 0.353 e. The molecule has 1 rings (SSSR count). The molecule has 0 atom stereocenters. The maximum atomic E-state index is 5.69. The van der Waals surface area contributed by atoms with Crippen LogP contribution >= 0.6 is 23.1 Å². The summed E-state index contributed by atoms with van der Waals surface area (Å²) in [6.07, 6.45) is 1.10. The van der Waals surface area contributed by atoms with E-state index in [4.69, 9.17) is 5.73 Å². The van der Waals surface area contributed by atoms with Crippen LogP contribution < -0.4 is 10.6 Å². The van der Waals surface area contributed by atoms with Crippen molar-refractivity contribution in [3.8, 4) is 0 Å². The smallest absolute Gasteiger partial charge is 0.208 e. The normalized spacial score (nSPS) is 11.8. The minimum atomic E-state index is 0.224. The number of anilines is 1. The summed E-state index contributed by atoms with van der Waals surface area (Å²) >= 11 is 3.40. The van der Waals surface area contributed by atoms with Crippen LogP contribution in [0.1, 0.15) is 20.3 Å². The van der Waals surface area contributed by atoms with Crippen LogP contribution in [0.5, 0.6) is 0 Å². The van der Waals surface area contributed by atoms with E-state index in [-0.39, 0.29) is 5.41 Å². The molecule has 0 aliphatic carbocycles. The fourth-order valence-corrected chi connectivity index (χ4v) is 3.10. The summed E-state index contributed by atoms with van der Waals surface area (Å²) < 4.78 is 1.04. The lowest BCUT2D eigenvalue weighted by atomic mass is 9.91. The van der Waals surface area contributed by atoms with Gasteiger partial charge < -0.3 is 10.6 Å². The van der Waals surface area contributed by atoms with Gasteiger partial charge in [0.25, 0.3) is 0 Å². The van der Waals surface area contributed by atoms with E-state index < -0.39 is 0 Å². The van der Waals surface area contributed by atoms with E-state index >= 15 is 0 Å². The lowest BCUT2D eigenvalue weighted by Gasteiger charge is -2.21. The second kappa shape index (κ2) is 5.84. The summed E-state index contributed by atoms with van der Waals surface area (Å²) in [7, 11) is 3.96. The average Bonchev–Trinajstić information content (AvgIpc) is 2.66. The van der Waals surface area contributed by atoms with E-state index in [1.807, 2.05) is 19.0 Å². The molecule has 0 unspecified atom stereocenters. The van der Waals surface area contributed by atoms with Gasteiger partial charge in [-0.15, -0.1) is 10.2 Å². The van der Waals surface area contributed by atoms with E-state index in [0.29, 0.717) is 0 Å². The van der Waals surface area contributed by atoms with Crippen molar-refractivity contribution < 1.29 is 0 Å². The van der Waals surface area contributed by atoms with Crippen LogP contribution in [-0.4, -0.2) is 36.6 Å². The summed E-state index contributed by atoms with van der Waals surface area (Å²) in [5.41, 5.74) is 5.91. The van der Waals surface area contributed by atoms with Crippen molar-refractivity contribution in [2.24, 2.45) is 11.1 Å². The Labute approximate surface area is 106 Å². The van der Waals surface area contributed by atoms with Crippen LogP contribution in [-0.2, 0) is 0 Å². The second-order valence-electron chi connectivity index (χ2n) is 4.71. The molecule has 6 heteroatoms. The summed E-state index contributed by atoms with van der Waals surface area (Å²) in [4.78, 5) is 1.98. The monoisotopic (exact) mass is 260 g/mol. The van der Waals surface area contributed by atoms with Crippen molar-refractivity contribution in [2.45, 2.75) is 24.6 Å². The number of rotatable bonds is 6. The van der Waals surface area contributed by atoms with Crippen molar-refractivity contribution in [3.63, 3.8) is 0 Å². The Morgan fingerprint density at radius 3 is 2.56 bits per heavy atom. The van der Waals surface area contributed by atoms with Crippen LogP contribution in [0.15, 0.2) is 4.34 Å². The average molecular weight is 260 g/mol. The lowest BCUT2D eigenvalue weighted by molar-refractivity contribution is 0.368. The second-order valence-corrected chi connectivity index (χ2v) is 7.01. The van der Waals surface area contributed by atoms with Gasteiger partial charge >= 0.3 is 0 Å². The van der Waals surface area contributed by atoms with E-state index in [1.54, 1.807) is 23.1 Å². The molecule has 0 saturated carbocycles.